The maximum atomic E-state index is 11.2. The molecule has 0 saturated carbocycles. The van der Waals surface area contributed by atoms with Gasteiger partial charge in [-0.3, -0.25) is 0 Å². The van der Waals surface area contributed by atoms with Crippen molar-refractivity contribution < 1.29 is 54.9 Å². The van der Waals surface area contributed by atoms with Gasteiger partial charge in [-0.1, -0.05) is 0 Å². The minimum Gasteiger partial charge on any atom is -0.438 e. The third-order valence-corrected chi connectivity index (χ3v) is 1.02. The number of carbonyl (C=O) groups excluding carboxylic acids is 2. The summed E-state index contributed by atoms with van der Waals surface area (Å²) >= 11 is 0. The number of alkyl halides is 6. The Bertz CT molecular complexity index is 281. The van der Waals surface area contributed by atoms with E-state index < -0.39 is 45.0 Å². The van der Waals surface area contributed by atoms with Gasteiger partial charge >= 0.3 is 18.5 Å². The summed E-state index contributed by atoms with van der Waals surface area (Å²) in [5.74, 6) is 0. The van der Waals surface area contributed by atoms with Gasteiger partial charge < -0.3 is 18.9 Å². The summed E-state index contributed by atoms with van der Waals surface area (Å²) in [7, 11) is 0.929. The molecule has 0 amide bonds. The van der Waals surface area contributed by atoms with E-state index in [1.54, 1.807) is 0 Å². The van der Waals surface area contributed by atoms with Crippen LogP contribution in [0.4, 0.5) is 35.9 Å². The summed E-state index contributed by atoms with van der Waals surface area (Å²) in [5, 5.41) is 0. The number of halogens is 6. The first-order valence-electron chi connectivity index (χ1n) is 4.53. The number of ether oxygens (including phenoxy) is 4. The van der Waals surface area contributed by atoms with E-state index in [2.05, 4.69) is 18.9 Å². The molecule has 0 rings (SSSR count). The molecule has 0 aromatic heterocycles. The zero-order chi connectivity index (χ0) is 16.2. The SMILES string of the molecule is COC(=O)OCC(F)(F)F.O=C(OCF)OCC(F)F. The summed E-state index contributed by atoms with van der Waals surface area (Å²) < 4.78 is 81.7. The van der Waals surface area contributed by atoms with Crippen LogP contribution in [0.5, 0.6) is 0 Å². The summed E-state index contributed by atoms with van der Waals surface area (Å²) in [6.07, 6.45) is -10.0. The van der Waals surface area contributed by atoms with Gasteiger partial charge in [0.25, 0.3) is 6.43 Å². The Morgan fingerprint density at radius 1 is 1.05 bits per heavy atom. The molecule has 120 valence electrons. The largest absolute Gasteiger partial charge is 0.510 e. The molecule has 0 aromatic rings. The molecule has 0 aliphatic carbocycles. The molecule has 0 aliphatic rings. The van der Waals surface area contributed by atoms with Gasteiger partial charge in [-0.2, -0.15) is 13.2 Å². The molecule has 0 heterocycles. The Morgan fingerprint density at radius 2 is 1.60 bits per heavy atom. The smallest absolute Gasteiger partial charge is 0.438 e. The predicted molar refractivity (Wildman–Crippen MR) is 48.8 cm³/mol. The molecule has 20 heavy (non-hydrogen) atoms. The quantitative estimate of drug-likeness (QED) is 0.586. The topological polar surface area (TPSA) is 71.1 Å². The van der Waals surface area contributed by atoms with Crippen molar-refractivity contribution in [1.82, 2.24) is 0 Å². The van der Waals surface area contributed by atoms with Gasteiger partial charge in [0.15, 0.2) is 13.2 Å². The van der Waals surface area contributed by atoms with Crippen LogP contribution in [0.1, 0.15) is 0 Å². The van der Waals surface area contributed by atoms with Gasteiger partial charge in [-0.05, 0) is 0 Å². The molecule has 12 heteroatoms. The van der Waals surface area contributed by atoms with Crippen LogP contribution in [-0.2, 0) is 18.9 Å². The van der Waals surface area contributed by atoms with Crippen LogP contribution < -0.4 is 0 Å². The number of hydrogen-bond acceptors (Lipinski definition) is 6. The Kier molecular flexibility index (Phi) is 11.2. The second-order valence-corrected chi connectivity index (χ2v) is 2.56. The second kappa shape index (κ2) is 11.0. The highest BCUT2D eigenvalue weighted by molar-refractivity contribution is 5.59. The number of methoxy groups -OCH3 is 1. The molecule has 0 aromatic carbocycles. The number of hydrogen-bond donors (Lipinski definition) is 0. The molecule has 0 aliphatic heterocycles. The van der Waals surface area contributed by atoms with Crippen LogP contribution in [0, 0.1) is 0 Å². The third kappa shape index (κ3) is 18.5. The number of rotatable bonds is 4. The molecule has 0 unspecified atom stereocenters. The van der Waals surface area contributed by atoms with Crippen LogP contribution in [0.3, 0.4) is 0 Å². The molecule has 0 fully saturated rings. The normalized spacial score (nSPS) is 10.2. The fourth-order valence-electron chi connectivity index (χ4n) is 0.417. The van der Waals surface area contributed by atoms with Crippen molar-refractivity contribution >= 4 is 12.3 Å². The molecule has 0 bridgehead atoms. The van der Waals surface area contributed by atoms with Crippen molar-refractivity contribution in [1.29, 1.82) is 0 Å². The van der Waals surface area contributed by atoms with Crippen LogP contribution >= 0.6 is 0 Å². The van der Waals surface area contributed by atoms with Gasteiger partial charge in [-0.15, -0.1) is 0 Å². The van der Waals surface area contributed by atoms with Gasteiger partial charge in [0.05, 0.1) is 7.11 Å². The Morgan fingerprint density at radius 3 is 1.95 bits per heavy atom. The van der Waals surface area contributed by atoms with Crippen LogP contribution in [0.25, 0.3) is 0 Å². The van der Waals surface area contributed by atoms with Crippen molar-refractivity contribution in [2.24, 2.45) is 0 Å². The highest BCUT2D eigenvalue weighted by atomic mass is 19.4. The maximum absolute atomic E-state index is 11.2. The van der Waals surface area contributed by atoms with Crippen molar-refractivity contribution in [3.05, 3.63) is 0 Å². The summed E-state index contributed by atoms with van der Waals surface area (Å²) in [6, 6.07) is 0. The summed E-state index contributed by atoms with van der Waals surface area (Å²) in [5.41, 5.74) is 0. The lowest BCUT2D eigenvalue weighted by molar-refractivity contribution is -0.164. The van der Waals surface area contributed by atoms with Crippen molar-refractivity contribution in [2.75, 3.05) is 27.2 Å². The molecule has 0 saturated heterocycles. The van der Waals surface area contributed by atoms with Gasteiger partial charge in [0.1, 0.15) is 0 Å². The van der Waals surface area contributed by atoms with E-state index in [9.17, 15) is 35.9 Å². The molecular formula is C8H10F6O6. The molecule has 0 radical (unpaired) electrons. The minimum atomic E-state index is -4.49. The molecular weight excluding hydrogens is 306 g/mol. The average molecular weight is 316 g/mol. The summed E-state index contributed by atoms with van der Waals surface area (Å²) in [4.78, 5) is 19.8. The molecule has 0 N–H and O–H groups in total. The number of carbonyl (C=O) groups is 2. The predicted octanol–water partition coefficient (Wildman–Crippen LogP) is 2.66. The van der Waals surface area contributed by atoms with Crippen LogP contribution in [0.15, 0.2) is 0 Å². The average Bonchev–Trinajstić information content (AvgIpc) is 2.33. The first kappa shape index (κ1) is 20.4. The summed E-state index contributed by atoms with van der Waals surface area (Å²) in [6.45, 7) is -4.05. The zero-order valence-electron chi connectivity index (χ0n) is 9.92. The van der Waals surface area contributed by atoms with E-state index in [0.29, 0.717) is 0 Å². The van der Waals surface area contributed by atoms with Gasteiger partial charge in [-0.25, -0.2) is 22.8 Å². The van der Waals surface area contributed by atoms with Crippen molar-refractivity contribution in [3.63, 3.8) is 0 Å². The highest BCUT2D eigenvalue weighted by Crippen LogP contribution is 2.14. The fourth-order valence-corrected chi connectivity index (χ4v) is 0.417. The fraction of sp³-hybridized carbons (Fsp3) is 0.750. The zero-order valence-corrected chi connectivity index (χ0v) is 9.92. The second-order valence-electron chi connectivity index (χ2n) is 2.56. The first-order chi connectivity index (χ1) is 9.12. The Labute approximate surface area is 108 Å². The van der Waals surface area contributed by atoms with Gasteiger partial charge in [0, 0.05) is 0 Å². The Balaban J connectivity index is 0. The van der Waals surface area contributed by atoms with E-state index in [0.717, 1.165) is 7.11 Å². The van der Waals surface area contributed by atoms with E-state index >= 15 is 0 Å². The monoisotopic (exact) mass is 316 g/mol. The van der Waals surface area contributed by atoms with E-state index in [4.69, 9.17) is 0 Å². The van der Waals surface area contributed by atoms with E-state index in [1.165, 1.54) is 0 Å². The Hall–Kier alpha value is -1.88. The lowest BCUT2D eigenvalue weighted by Gasteiger charge is -2.05. The highest BCUT2D eigenvalue weighted by Gasteiger charge is 2.29. The molecule has 0 spiro atoms. The van der Waals surface area contributed by atoms with E-state index in [-0.39, 0.29) is 0 Å². The molecule has 0 atom stereocenters. The molecule has 6 nitrogen and oxygen atoms in total. The van der Waals surface area contributed by atoms with E-state index in [1.807, 2.05) is 0 Å². The lowest BCUT2D eigenvalue weighted by Crippen LogP contribution is -2.20. The van der Waals surface area contributed by atoms with Crippen LogP contribution in [0.2, 0.25) is 0 Å². The van der Waals surface area contributed by atoms with Crippen LogP contribution in [-0.4, -0.2) is 52.1 Å². The maximum Gasteiger partial charge on any atom is 0.510 e. The van der Waals surface area contributed by atoms with Gasteiger partial charge in [0.2, 0.25) is 6.86 Å². The third-order valence-electron chi connectivity index (χ3n) is 1.02. The van der Waals surface area contributed by atoms with Crippen molar-refractivity contribution in [3.8, 4) is 0 Å². The first-order valence-corrected chi connectivity index (χ1v) is 4.53. The standard InChI is InChI=1S/2C4H5F3O3/c1-9-3(8)10-2-4(5,6)7;5-2-10-4(8)9-1-3(6)7/h2H2,1H3;3H,1-2H2. The minimum absolute atomic E-state index is 0.929. The van der Waals surface area contributed by atoms with Crippen molar-refractivity contribution in [2.45, 2.75) is 12.6 Å². The lowest BCUT2D eigenvalue weighted by atomic mass is 10.7.